The molecule has 1 saturated heterocycles. The van der Waals surface area contributed by atoms with E-state index in [0.29, 0.717) is 22.0 Å². The number of amides is 2. The molecule has 1 aromatic heterocycles. The number of oxime groups is 1. The summed E-state index contributed by atoms with van der Waals surface area (Å²) in [5.41, 5.74) is 6.11. The third-order valence-corrected chi connectivity index (χ3v) is 9.35. The number of anilines is 1. The Morgan fingerprint density at radius 3 is 2.51 bits per heavy atom. The second-order valence-corrected chi connectivity index (χ2v) is 12.9. The molecule has 41 heavy (non-hydrogen) atoms. The van der Waals surface area contributed by atoms with E-state index < -0.39 is 34.2 Å². The first-order chi connectivity index (χ1) is 19.4. The van der Waals surface area contributed by atoms with Crippen LogP contribution >= 0.6 is 34.9 Å². The topological polar surface area (TPSA) is 212 Å². The highest BCUT2D eigenvalue weighted by Gasteiger charge is 2.54. The van der Waals surface area contributed by atoms with Crippen molar-refractivity contribution in [3.05, 3.63) is 45.2 Å². The molecule has 0 saturated carbocycles. The van der Waals surface area contributed by atoms with Crippen LogP contribution in [0.2, 0.25) is 0 Å². The van der Waals surface area contributed by atoms with Gasteiger partial charge in [0.25, 0.3) is 11.8 Å². The van der Waals surface area contributed by atoms with Crippen LogP contribution in [0, 0.1) is 0 Å². The molecular formula is C24H25N7O7S3. The zero-order chi connectivity index (χ0) is 29.6. The molecule has 1 aromatic carbocycles. The Bertz CT molecular complexity index is 1600. The smallest absolute Gasteiger partial charge is 0.352 e. The summed E-state index contributed by atoms with van der Waals surface area (Å²) in [4.78, 5) is 57.1. The number of carbonyl (C=O) groups excluding carboxylic acids is 2. The molecule has 0 radical (unpaired) electrons. The number of nitrogens with zero attached hydrogens (tertiary/aromatic N) is 5. The standard InChI is InChI=1S/C24H25N7O7S3/c1-9(2)38-30-16(13-8-40-23(25)26-13)19(34)27-17-20(35)31-18(22(36)37)10(6-39-21(17)31)7-41-24(3)28-11-4-14(32)15(33)5-12(11)29-24/h4-5,8-9,17,21,32-33H,6-7H2,1-3H3,(H2,25,26)(H,27,34)(H,36,37)/t17-,21-/m1/s1. The van der Waals surface area contributed by atoms with Gasteiger partial charge in [-0.3, -0.25) is 14.5 Å². The van der Waals surface area contributed by atoms with Crippen molar-refractivity contribution in [2.24, 2.45) is 15.1 Å². The lowest BCUT2D eigenvalue weighted by Crippen LogP contribution is -2.71. The van der Waals surface area contributed by atoms with E-state index in [9.17, 15) is 29.7 Å². The summed E-state index contributed by atoms with van der Waals surface area (Å²) in [7, 11) is 0. The summed E-state index contributed by atoms with van der Waals surface area (Å²) in [5, 5.41) is 38.0. The van der Waals surface area contributed by atoms with Crippen molar-refractivity contribution in [1.82, 2.24) is 15.2 Å². The Balaban J connectivity index is 1.32. The SMILES string of the molecule is CC(C)ON=C(C(=O)N[C@@H]1C(=O)N2C(C(=O)O)=C(CSC3(C)N=c4cc(O)c(O)cc4=N3)CS[C@H]12)c1csc(N)n1. The molecular weight excluding hydrogens is 595 g/mol. The number of carboxylic acid groups (broad SMARTS) is 1. The first-order valence-electron chi connectivity index (χ1n) is 12.2. The third kappa shape index (κ3) is 5.56. The molecule has 2 aromatic rings. The van der Waals surface area contributed by atoms with Gasteiger partial charge in [0, 0.05) is 29.0 Å². The number of phenols is 2. The van der Waals surface area contributed by atoms with Crippen LogP contribution in [0.5, 0.6) is 11.5 Å². The molecule has 2 amide bonds. The average molecular weight is 620 g/mol. The van der Waals surface area contributed by atoms with Gasteiger partial charge in [-0.2, -0.15) is 0 Å². The lowest BCUT2D eigenvalue weighted by Gasteiger charge is -2.49. The average Bonchev–Trinajstić information content (AvgIpc) is 3.47. The van der Waals surface area contributed by atoms with Gasteiger partial charge in [0.2, 0.25) is 0 Å². The lowest BCUT2D eigenvalue weighted by atomic mass is 10.0. The van der Waals surface area contributed by atoms with Gasteiger partial charge in [0.05, 0.1) is 10.7 Å². The van der Waals surface area contributed by atoms with Gasteiger partial charge in [-0.15, -0.1) is 34.9 Å². The summed E-state index contributed by atoms with van der Waals surface area (Å²) in [6, 6.07) is 1.64. The van der Waals surface area contributed by atoms with Crippen molar-refractivity contribution in [3.63, 3.8) is 0 Å². The number of nitrogens with two attached hydrogens (primary N) is 1. The minimum atomic E-state index is -1.27. The van der Waals surface area contributed by atoms with Crippen molar-refractivity contribution >= 4 is 63.5 Å². The number of carboxylic acids is 1. The molecule has 3 aliphatic rings. The molecule has 4 heterocycles. The fourth-order valence-corrected chi connectivity index (χ4v) is 7.29. The number of β-lactam (4-membered cyclic amide) rings is 1. The van der Waals surface area contributed by atoms with Crippen LogP contribution in [-0.2, 0) is 19.2 Å². The molecule has 17 heteroatoms. The fourth-order valence-electron chi connectivity index (χ4n) is 4.26. The quantitative estimate of drug-likeness (QED) is 0.112. The number of hydrogen-bond donors (Lipinski definition) is 5. The van der Waals surface area contributed by atoms with Gasteiger partial charge in [0.15, 0.2) is 27.3 Å². The summed E-state index contributed by atoms with van der Waals surface area (Å²) in [6.07, 6.45) is -0.316. The van der Waals surface area contributed by atoms with Crippen LogP contribution in [-0.4, -0.2) is 82.7 Å². The normalized spacial score (nSPS) is 21.0. The maximum atomic E-state index is 13.2. The molecule has 216 valence electrons. The first-order valence-corrected chi connectivity index (χ1v) is 15.1. The summed E-state index contributed by atoms with van der Waals surface area (Å²) in [5.74, 6) is -2.68. The maximum Gasteiger partial charge on any atom is 0.352 e. The molecule has 5 rings (SSSR count). The van der Waals surface area contributed by atoms with Crippen LogP contribution in [0.3, 0.4) is 0 Å². The number of phenolic OH excluding ortho intramolecular Hbond substituents is 2. The number of thiazole rings is 1. The second kappa shape index (κ2) is 10.9. The monoisotopic (exact) mass is 619 g/mol. The van der Waals surface area contributed by atoms with E-state index in [4.69, 9.17) is 10.6 Å². The Morgan fingerprint density at radius 1 is 1.29 bits per heavy atom. The fraction of sp³-hybridized carbons (Fsp3) is 0.375. The number of thioether (sulfide) groups is 2. The highest BCUT2D eigenvalue weighted by molar-refractivity contribution is 8.01. The van der Waals surface area contributed by atoms with E-state index in [1.54, 1.807) is 26.2 Å². The number of nitrogen functional groups attached to an aromatic ring is 1. The van der Waals surface area contributed by atoms with E-state index in [0.717, 1.165) is 11.3 Å². The molecule has 0 unspecified atom stereocenters. The van der Waals surface area contributed by atoms with Crippen LogP contribution in [0.4, 0.5) is 5.13 Å². The zero-order valence-electron chi connectivity index (χ0n) is 21.9. The van der Waals surface area contributed by atoms with Gasteiger partial charge in [-0.1, -0.05) is 5.16 Å². The molecule has 3 aliphatic heterocycles. The number of benzene rings is 1. The minimum Gasteiger partial charge on any atom is -0.504 e. The summed E-state index contributed by atoms with van der Waals surface area (Å²) < 4.78 is 0. The van der Waals surface area contributed by atoms with Crippen LogP contribution in [0.1, 0.15) is 26.5 Å². The molecule has 14 nitrogen and oxygen atoms in total. The number of aliphatic carboxylic acids is 1. The largest absolute Gasteiger partial charge is 0.504 e. The van der Waals surface area contributed by atoms with Crippen molar-refractivity contribution in [2.45, 2.75) is 43.3 Å². The van der Waals surface area contributed by atoms with Crippen molar-refractivity contribution in [1.29, 1.82) is 0 Å². The van der Waals surface area contributed by atoms with Crippen LogP contribution in [0.15, 0.2) is 43.9 Å². The Kier molecular flexibility index (Phi) is 7.60. The van der Waals surface area contributed by atoms with Gasteiger partial charge in [-0.05, 0) is 26.3 Å². The highest BCUT2D eigenvalue weighted by Crippen LogP contribution is 2.42. The highest BCUT2D eigenvalue weighted by atomic mass is 32.2. The molecule has 6 N–H and O–H groups in total. The number of rotatable bonds is 9. The van der Waals surface area contributed by atoms with E-state index in [2.05, 4.69) is 25.4 Å². The number of fused-ring (bicyclic) bond motifs is 2. The van der Waals surface area contributed by atoms with Gasteiger partial charge in [0.1, 0.15) is 28.9 Å². The van der Waals surface area contributed by atoms with Crippen LogP contribution in [0.25, 0.3) is 0 Å². The summed E-state index contributed by atoms with van der Waals surface area (Å²) in [6.45, 7) is 5.20. The van der Waals surface area contributed by atoms with Crippen molar-refractivity contribution < 1.29 is 34.5 Å². The van der Waals surface area contributed by atoms with Crippen molar-refractivity contribution in [2.75, 3.05) is 17.2 Å². The van der Waals surface area contributed by atoms with E-state index in [1.165, 1.54) is 40.6 Å². The summed E-state index contributed by atoms with van der Waals surface area (Å²) >= 11 is 3.69. The third-order valence-electron chi connectivity index (χ3n) is 6.12. The molecule has 1 fully saturated rings. The molecule has 0 bridgehead atoms. The van der Waals surface area contributed by atoms with Gasteiger partial charge >= 0.3 is 5.97 Å². The molecule has 2 atom stereocenters. The predicted molar refractivity (Wildman–Crippen MR) is 152 cm³/mol. The molecule has 0 spiro atoms. The number of nitrogens with one attached hydrogen (secondary N) is 1. The maximum absolute atomic E-state index is 13.2. The van der Waals surface area contributed by atoms with Gasteiger partial charge in [-0.25, -0.2) is 19.8 Å². The van der Waals surface area contributed by atoms with E-state index >= 15 is 0 Å². The lowest BCUT2D eigenvalue weighted by molar-refractivity contribution is -0.150. The number of aromatic hydroxyl groups is 2. The van der Waals surface area contributed by atoms with Crippen molar-refractivity contribution in [3.8, 4) is 11.5 Å². The number of carbonyl (C=O) groups is 3. The second-order valence-electron chi connectivity index (χ2n) is 9.56. The Labute approximate surface area is 245 Å². The van der Waals surface area contributed by atoms with E-state index in [-0.39, 0.29) is 45.6 Å². The van der Waals surface area contributed by atoms with Crippen LogP contribution < -0.4 is 21.8 Å². The first kappa shape index (κ1) is 28.7. The minimum absolute atomic E-state index is 0.143. The molecule has 0 aliphatic carbocycles. The van der Waals surface area contributed by atoms with E-state index in [1.807, 2.05) is 0 Å². The number of hydrogen-bond acceptors (Lipinski definition) is 14. The Morgan fingerprint density at radius 2 is 1.95 bits per heavy atom. The predicted octanol–water partition coefficient (Wildman–Crippen LogP) is 0.364. The zero-order valence-corrected chi connectivity index (χ0v) is 24.3. The number of aromatic nitrogens is 1. The Hall–Kier alpha value is -3.83. The van der Waals surface area contributed by atoms with Gasteiger partial charge < -0.3 is 31.2 Å².